The molecule has 0 bridgehead atoms. The van der Waals surface area contributed by atoms with E-state index in [1.807, 2.05) is 0 Å². The average molecular weight is 320 g/mol. The predicted octanol–water partition coefficient (Wildman–Crippen LogP) is 4.93. The molecule has 1 unspecified atom stereocenters. The summed E-state index contributed by atoms with van der Waals surface area (Å²) < 4.78 is 5.63. The Morgan fingerprint density at radius 2 is 1.57 bits per heavy atom. The van der Waals surface area contributed by atoms with E-state index < -0.39 is 5.97 Å². The van der Waals surface area contributed by atoms with Crippen LogP contribution in [0, 0.1) is 5.92 Å². The minimum absolute atomic E-state index is 0.0552. The largest absolute Gasteiger partial charge is 0.478 e. The maximum absolute atomic E-state index is 12.2. The predicted molar refractivity (Wildman–Crippen MR) is 90.8 cm³/mol. The summed E-state index contributed by atoms with van der Waals surface area (Å²) in [6, 6.07) is 5.88. The van der Waals surface area contributed by atoms with Crippen LogP contribution in [-0.2, 0) is 4.74 Å². The lowest BCUT2D eigenvalue weighted by molar-refractivity contribution is 0.0248. The number of carbonyl (C=O) groups excluding carboxylic acids is 1. The molecule has 23 heavy (non-hydrogen) atoms. The van der Waals surface area contributed by atoms with E-state index in [-0.39, 0.29) is 17.6 Å². The highest BCUT2D eigenvalue weighted by Gasteiger charge is 2.16. The third-order valence-electron chi connectivity index (χ3n) is 3.83. The van der Waals surface area contributed by atoms with Crippen LogP contribution in [-0.4, -0.2) is 23.1 Å². The van der Waals surface area contributed by atoms with Crippen LogP contribution in [0.4, 0.5) is 0 Å². The summed E-state index contributed by atoms with van der Waals surface area (Å²) in [5.41, 5.74) is 0.571. The minimum atomic E-state index is -1.00. The van der Waals surface area contributed by atoms with Gasteiger partial charge in [0.25, 0.3) is 0 Å². The molecule has 1 aromatic carbocycles. The van der Waals surface area contributed by atoms with Gasteiger partial charge in [-0.2, -0.15) is 0 Å². The van der Waals surface area contributed by atoms with Gasteiger partial charge < -0.3 is 9.84 Å². The average Bonchev–Trinajstić information content (AvgIpc) is 2.52. The van der Waals surface area contributed by atoms with E-state index in [0.29, 0.717) is 11.5 Å². The van der Waals surface area contributed by atoms with Crippen molar-refractivity contribution in [2.24, 2.45) is 5.92 Å². The Morgan fingerprint density at radius 1 is 1.00 bits per heavy atom. The van der Waals surface area contributed by atoms with E-state index in [9.17, 15) is 9.59 Å². The fourth-order valence-electron chi connectivity index (χ4n) is 2.42. The molecule has 0 radical (unpaired) electrons. The van der Waals surface area contributed by atoms with Crippen molar-refractivity contribution < 1.29 is 19.4 Å². The number of hydrogen-bond donors (Lipinski definition) is 1. The third-order valence-corrected chi connectivity index (χ3v) is 3.83. The van der Waals surface area contributed by atoms with Crippen molar-refractivity contribution in [3.8, 4) is 0 Å². The number of benzene rings is 1. The van der Waals surface area contributed by atoms with Crippen LogP contribution in [0.1, 0.15) is 80.0 Å². The molecule has 0 aliphatic rings. The fraction of sp³-hybridized carbons (Fsp3) is 0.579. The molecule has 0 aliphatic heterocycles. The monoisotopic (exact) mass is 320 g/mol. The highest BCUT2D eigenvalue weighted by atomic mass is 16.5. The zero-order chi connectivity index (χ0) is 17.2. The van der Waals surface area contributed by atoms with Gasteiger partial charge in [0, 0.05) is 0 Å². The van der Waals surface area contributed by atoms with Gasteiger partial charge in [-0.15, -0.1) is 0 Å². The van der Waals surface area contributed by atoms with Gasteiger partial charge in [-0.25, -0.2) is 9.59 Å². The standard InChI is InChI=1S/C19H28O4/c1-4-5-8-17(9-6-7-14(2)3)23-19(22)16-12-10-15(11-13-16)18(20)21/h10-14,17H,4-9H2,1-3H3,(H,20,21). The van der Waals surface area contributed by atoms with E-state index in [0.717, 1.165) is 38.5 Å². The highest BCUT2D eigenvalue weighted by molar-refractivity contribution is 5.92. The number of carboxylic acid groups (broad SMARTS) is 1. The van der Waals surface area contributed by atoms with Gasteiger partial charge >= 0.3 is 11.9 Å². The topological polar surface area (TPSA) is 63.6 Å². The molecule has 128 valence electrons. The van der Waals surface area contributed by atoms with E-state index >= 15 is 0 Å². The molecule has 0 saturated carbocycles. The smallest absolute Gasteiger partial charge is 0.338 e. The second kappa shape index (κ2) is 10.0. The van der Waals surface area contributed by atoms with Crippen molar-refractivity contribution in [3.63, 3.8) is 0 Å². The second-order valence-corrected chi connectivity index (χ2v) is 6.38. The van der Waals surface area contributed by atoms with Gasteiger partial charge in [-0.3, -0.25) is 0 Å². The first-order valence-electron chi connectivity index (χ1n) is 8.48. The molecule has 1 rings (SSSR count). The molecule has 4 heteroatoms. The quantitative estimate of drug-likeness (QED) is 0.621. The van der Waals surface area contributed by atoms with Crippen LogP contribution >= 0.6 is 0 Å². The Balaban J connectivity index is 2.61. The Hall–Kier alpha value is -1.84. The van der Waals surface area contributed by atoms with Crippen molar-refractivity contribution in [2.75, 3.05) is 0 Å². The first kappa shape index (κ1) is 19.2. The van der Waals surface area contributed by atoms with Gasteiger partial charge in [0.05, 0.1) is 11.1 Å². The summed E-state index contributed by atoms with van der Waals surface area (Å²) in [5.74, 6) is -0.715. The van der Waals surface area contributed by atoms with E-state index in [2.05, 4.69) is 20.8 Å². The highest BCUT2D eigenvalue weighted by Crippen LogP contribution is 2.17. The molecule has 0 heterocycles. The summed E-state index contributed by atoms with van der Waals surface area (Å²) in [6.45, 7) is 6.51. The lowest BCUT2D eigenvalue weighted by Gasteiger charge is -2.18. The summed E-state index contributed by atoms with van der Waals surface area (Å²) in [6.07, 6.45) is 6.01. The van der Waals surface area contributed by atoms with Gasteiger partial charge in [-0.05, 0) is 49.4 Å². The van der Waals surface area contributed by atoms with Crippen molar-refractivity contribution >= 4 is 11.9 Å². The SMILES string of the molecule is CCCCC(CCCC(C)C)OC(=O)c1ccc(C(=O)O)cc1. The van der Waals surface area contributed by atoms with E-state index in [4.69, 9.17) is 9.84 Å². The summed E-state index contributed by atoms with van der Waals surface area (Å²) in [7, 11) is 0. The van der Waals surface area contributed by atoms with Crippen LogP contribution in [0.3, 0.4) is 0 Å². The molecule has 0 aromatic heterocycles. The summed E-state index contributed by atoms with van der Waals surface area (Å²) in [4.78, 5) is 23.1. The number of hydrogen-bond acceptors (Lipinski definition) is 3. The van der Waals surface area contributed by atoms with Crippen molar-refractivity contribution in [1.29, 1.82) is 0 Å². The number of aromatic carboxylic acids is 1. The number of unbranched alkanes of at least 4 members (excludes halogenated alkanes) is 1. The van der Waals surface area contributed by atoms with Crippen LogP contribution in [0.15, 0.2) is 24.3 Å². The first-order chi connectivity index (χ1) is 10.9. The molecule has 1 N–H and O–H groups in total. The zero-order valence-electron chi connectivity index (χ0n) is 14.4. The maximum atomic E-state index is 12.2. The lowest BCUT2D eigenvalue weighted by Crippen LogP contribution is -2.19. The van der Waals surface area contributed by atoms with Gasteiger partial charge in [0.15, 0.2) is 0 Å². The van der Waals surface area contributed by atoms with Crippen LogP contribution in [0.25, 0.3) is 0 Å². The summed E-state index contributed by atoms with van der Waals surface area (Å²) >= 11 is 0. The molecule has 0 spiro atoms. The van der Waals surface area contributed by atoms with Crippen molar-refractivity contribution in [3.05, 3.63) is 35.4 Å². The number of esters is 1. The van der Waals surface area contributed by atoms with Crippen molar-refractivity contribution in [2.45, 2.75) is 65.4 Å². The number of carboxylic acids is 1. The normalized spacial score (nSPS) is 12.2. The van der Waals surface area contributed by atoms with E-state index in [1.165, 1.54) is 24.3 Å². The third kappa shape index (κ3) is 7.31. The van der Waals surface area contributed by atoms with Gasteiger partial charge in [0.2, 0.25) is 0 Å². The maximum Gasteiger partial charge on any atom is 0.338 e. The Morgan fingerprint density at radius 3 is 2.09 bits per heavy atom. The first-order valence-corrected chi connectivity index (χ1v) is 8.48. The van der Waals surface area contributed by atoms with Crippen LogP contribution in [0.5, 0.6) is 0 Å². The lowest BCUT2D eigenvalue weighted by atomic mass is 10.0. The molecule has 0 amide bonds. The van der Waals surface area contributed by atoms with Crippen LogP contribution in [0.2, 0.25) is 0 Å². The number of ether oxygens (including phenoxy) is 1. The summed E-state index contributed by atoms with van der Waals surface area (Å²) in [5, 5.41) is 8.88. The van der Waals surface area contributed by atoms with E-state index in [1.54, 1.807) is 0 Å². The second-order valence-electron chi connectivity index (χ2n) is 6.38. The van der Waals surface area contributed by atoms with Crippen LogP contribution < -0.4 is 0 Å². The zero-order valence-corrected chi connectivity index (χ0v) is 14.4. The van der Waals surface area contributed by atoms with Gasteiger partial charge in [0.1, 0.15) is 6.10 Å². The Kier molecular flexibility index (Phi) is 8.38. The van der Waals surface area contributed by atoms with Crippen molar-refractivity contribution in [1.82, 2.24) is 0 Å². The van der Waals surface area contributed by atoms with Gasteiger partial charge in [-0.1, -0.05) is 40.0 Å². The molecule has 0 aliphatic carbocycles. The number of carbonyl (C=O) groups is 2. The molecule has 1 atom stereocenters. The minimum Gasteiger partial charge on any atom is -0.478 e. The fourth-order valence-corrected chi connectivity index (χ4v) is 2.42. The molecule has 1 aromatic rings. The molecule has 0 fully saturated rings. The Bertz CT molecular complexity index is 491. The molecular weight excluding hydrogens is 292 g/mol. The Labute approximate surface area is 138 Å². The number of rotatable bonds is 10. The molecule has 0 saturated heterocycles. The molecule has 4 nitrogen and oxygen atoms in total. The molecular formula is C19H28O4.